The molecule has 0 unspecified atom stereocenters. The number of hydrogen-bond donors (Lipinski definition) is 0. The second-order valence-corrected chi connectivity index (χ2v) is 3.70. The van der Waals surface area contributed by atoms with E-state index in [2.05, 4.69) is 0 Å². The van der Waals surface area contributed by atoms with Gasteiger partial charge in [0.25, 0.3) is 11.6 Å². The first-order chi connectivity index (χ1) is 7.88. The minimum Gasteiger partial charge on any atom is -0.342 e. The summed E-state index contributed by atoms with van der Waals surface area (Å²) < 4.78 is 13.7. The van der Waals surface area contributed by atoms with E-state index >= 15 is 0 Å². The largest absolute Gasteiger partial charge is 0.342 e. The third-order valence-corrected chi connectivity index (χ3v) is 2.50. The fourth-order valence-electron chi connectivity index (χ4n) is 1.36. The standard InChI is InChI=1S/C11H13FN2O3/c1-4-13(3)11(15)9-6-8(14(16)17)5-7(2)10(9)12/h5-6H,4H2,1-3H3. The Bertz CT molecular complexity index is 474. The van der Waals surface area contributed by atoms with Crippen LogP contribution in [-0.2, 0) is 0 Å². The highest BCUT2D eigenvalue weighted by Crippen LogP contribution is 2.21. The number of aryl methyl sites for hydroxylation is 1. The monoisotopic (exact) mass is 240 g/mol. The average Bonchev–Trinajstić information content (AvgIpc) is 2.30. The number of hydrogen-bond acceptors (Lipinski definition) is 3. The van der Waals surface area contributed by atoms with E-state index in [1.54, 1.807) is 6.92 Å². The van der Waals surface area contributed by atoms with Crippen LogP contribution in [0.15, 0.2) is 12.1 Å². The summed E-state index contributed by atoms with van der Waals surface area (Å²) in [6, 6.07) is 2.08. The van der Waals surface area contributed by atoms with Crippen molar-refractivity contribution in [2.45, 2.75) is 13.8 Å². The Kier molecular flexibility index (Phi) is 3.77. The third-order valence-electron chi connectivity index (χ3n) is 2.50. The van der Waals surface area contributed by atoms with Crippen LogP contribution in [0.5, 0.6) is 0 Å². The van der Waals surface area contributed by atoms with E-state index in [0.717, 1.165) is 12.1 Å². The molecule has 6 heteroatoms. The maximum atomic E-state index is 13.7. The van der Waals surface area contributed by atoms with Gasteiger partial charge in [0.05, 0.1) is 10.5 Å². The molecular weight excluding hydrogens is 227 g/mol. The van der Waals surface area contributed by atoms with Gasteiger partial charge in [-0.2, -0.15) is 0 Å². The second kappa shape index (κ2) is 4.90. The number of nitro benzene ring substituents is 1. The van der Waals surface area contributed by atoms with Gasteiger partial charge in [-0.3, -0.25) is 14.9 Å². The van der Waals surface area contributed by atoms with Gasteiger partial charge in [-0.1, -0.05) is 0 Å². The van der Waals surface area contributed by atoms with Crippen molar-refractivity contribution in [3.63, 3.8) is 0 Å². The molecule has 0 N–H and O–H groups in total. The van der Waals surface area contributed by atoms with Gasteiger partial charge in [-0.25, -0.2) is 4.39 Å². The molecule has 0 heterocycles. The second-order valence-electron chi connectivity index (χ2n) is 3.70. The SMILES string of the molecule is CCN(C)C(=O)c1cc([N+](=O)[O-])cc(C)c1F. The minimum absolute atomic E-state index is 0.0899. The van der Waals surface area contributed by atoms with E-state index in [9.17, 15) is 19.3 Å². The predicted molar refractivity (Wildman–Crippen MR) is 60.4 cm³/mol. The van der Waals surface area contributed by atoms with Crippen molar-refractivity contribution < 1.29 is 14.1 Å². The van der Waals surface area contributed by atoms with Gasteiger partial charge in [0.1, 0.15) is 5.82 Å². The number of benzene rings is 1. The number of nitro groups is 1. The lowest BCUT2D eigenvalue weighted by atomic mass is 10.1. The first kappa shape index (κ1) is 13.1. The zero-order valence-corrected chi connectivity index (χ0v) is 9.86. The highest BCUT2D eigenvalue weighted by molar-refractivity contribution is 5.95. The number of rotatable bonds is 3. The summed E-state index contributed by atoms with van der Waals surface area (Å²) in [5.41, 5.74) is -0.454. The minimum atomic E-state index is -0.707. The van der Waals surface area contributed by atoms with Crippen LogP contribution < -0.4 is 0 Å². The number of non-ortho nitro benzene ring substituents is 1. The molecule has 0 aliphatic rings. The van der Waals surface area contributed by atoms with Gasteiger partial charge >= 0.3 is 0 Å². The highest BCUT2D eigenvalue weighted by Gasteiger charge is 2.21. The Labute approximate surface area is 98.0 Å². The molecule has 0 aliphatic heterocycles. The van der Waals surface area contributed by atoms with Crippen molar-refractivity contribution in [1.29, 1.82) is 0 Å². The molecule has 1 rings (SSSR count). The maximum Gasteiger partial charge on any atom is 0.270 e. The van der Waals surface area contributed by atoms with Crippen molar-refractivity contribution in [2.24, 2.45) is 0 Å². The van der Waals surface area contributed by atoms with Crippen molar-refractivity contribution in [3.05, 3.63) is 39.2 Å². The van der Waals surface area contributed by atoms with Gasteiger partial charge in [-0.15, -0.1) is 0 Å². The van der Waals surface area contributed by atoms with E-state index in [1.807, 2.05) is 0 Å². The first-order valence-corrected chi connectivity index (χ1v) is 5.08. The summed E-state index contributed by atoms with van der Waals surface area (Å²) in [5.74, 6) is -1.27. The summed E-state index contributed by atoms with van der Waals surface area (Å²) in [6.45, 7) is 3.53. The molecule has 0 spiro atoms. The van der Waals surface area contributed by atoms with E-state index in [1.165, 1.54) is 18.9 Å². The van der Waals surface area contributed by atoms with Crippen molar-refractivity contribution in [1.82, 2.24) is 4.90 Å². The summed E-state index contributed by atoms with van der Waals surface area (Å²) in [6.07, 6.45) is 0. The Morgan fingerprint density at radius 2 is 2.12 bits per heavy atom. The van der Waals surface area contributed by atoms with Crippen LogP contribution in [0.1, 0.15) is 22.8 Å². The normalized spacial score (nSPS) is 10.1. The molecule has 0 aliphatic carbocycles. The topological polar surface area (TPSA) is 63.5 Å². The number of nitrogens with zero attached hydrogens (tertiary/aromatic N) is 2. The van der Waals surface area contributed by atoms with Gasteiger partial charge in [0.2, 0.25) is 0 Å². The van der Waals surface area contributed by atoms with Crippen LogP contribution in [-0.4, -0.2) is 29.3 Å². The lowest BCUT2D eigenvalue weighted by Gasteiger charge is -2.15. The summed E-state index contributed by atoms with van der Waals surface area (Å²) >= 11 is 0. The molecule has 0 bridgehead atoms. The number of carbonyl (C=O) groups is 1. The molecule has 1 amide bonds. The Balaban J connectivity index is 3.32. The van der Waals surface area contributed by atoms with E-state index < -0.39 is 16.6 Å². The zero-order valence-electron chi connectivity index (χ0n) is 9.86. The fourth-order valence-corrected chi connectivity index (χ4v) is 1.36. The highest BCUT2D eigenvalue weighted by atomic mass is 19.1. The van der Waals surface area contributed by atoms with E-state index in [4.69, 9.17) is 0 Å². The summed E-state index contributed by atoms with van der Waals surface area (Å²) in [5, 5.41) is 10.6. The summed E-state index contributed by atoms with van der Waals surface area (Å²) in [7, 11) is 1.51. The molecule has 5 nitrogen and oxygen atoms in total. The molecule has 0 aromatic heterocycles. The molecular formula is C11H13FN2O3. The molecule has 0 saturated heterocycles. The van der Waals surface area contributed by atoms with Crippen molar-refractivity contribution in [3.8, 4) is 0 Å². The van der Waals surface area contributed by atoms with Crippen LogP contribution in [0.3, 0.4) is 0 Å². The quantitative estimate of drug-likeness (QED) is 0.600. The van der Waals surface area contributed by atoms with Gasteiger partial charge < -0.3 is 4.90 Å². The maximum absolute atomic E-state index is 13.7. The Morgan fingerprint density at radius 1 is 1.53 bits per heavy atom. The van der Waals surface area contributed by atoms with Crippen LogP contribution in [0.2, 0.25) is 0 Å². The Hall–Kier alpha value is -1.98. The molecule has 1 aromatic rings. The van der Waals surface area contributed by atoms with Crippen LogP contribution >= 0.6 is 0 Å². The molecule has 0 saturated carbocycles. The number of carbonyl (C=O) groups excluding carboxylic acids is 1. The lowest BCUT2D eigenvalue weighted by Crippen LogP contribution is -2.27. The zero-order chi connectivity index (χ0) is 13.2. The lowest BCUT2D eigenvalue weighted by molar-refractivity contribution is -0.385. The predicted octanol–water partition coefficient (Wildman–Crippen LogP) is 2.13. The molecule has 0 atom stereocenters. The van der Waals surface area contributed by atoms with Gasteiger partial charge in [-0.05, 0) is 19.4 Å². The van der Waals surface area contributed by atoms with Crippen LogP contribution in [0.25, 0.3) is 0 Å². The molecule has 0 radical (unpaired) electrons. The fraction of sp³-hybridized carbons (Fsp3) is 0.364. The average molecular weight is 240 g/mol. The smallest absolute Gasteiger partial charge is 0.270 e. The van der Waals surface area contributed by atoms with Crippen molar-refractivity contribution in [2.75, 3.05) is 13.6 Å². The Morgan fingerprint density at radius 3 is 2.59 bits per heavy atom. The van der Waals surface area contributed by atoms with E-state index in [-0.39, 0.29) is 16.8 Å². The van der Waals surface area contributed by atoms with Gasteiger partial charge in [0.15, 0.2) is 0 Å². The number of halogens is 1. The van der Waals surface area contributed by atoms with Crippen molar-refractivity contribution >= 4 is 11.6 Å². The molecule has 0 fully saturated rings. The van der Waals surface area contributed by atoms with Crippen LogP contribution in [0, 0.1) is 22.9 Å². The first-order valence-electron chi connectivity index (χ1n) is 5.08. The summed E-state index contributed by atoms with van der Waals surface area (Å²) in [4.78, 5) is 23.1. The van der Waals surface area contributed by atoms with E-state index in [0.29, 0.717) is 6.54 Å². The molecule has 17 heavy (non-hydrogen) atoms. The number of amides is 1. The van der Waals surface area contributed by atoms with Gasteiger partial charge in [0, 0.05) is 25.7 Å². The third kappa shape index (κ3) is 2.58. The molecule has 92 valence electrons. The molecule has 1 aromatic carbocycles. The van der Waals surface area contributed by atoms with Crippen LogP contribution in [0.4, 0.5) is 10.1 Å².